The van der Waals surface area contributed by atoms with Crippen molar-refractivity contribution in [2.45, 2.75) is 32.9 Å². The number of hydrogen-bond donors (Lipinski definition) is 0. The highest BCUT2D eigenvalue weighted by Gasteiger charge is 2.26. The Morgan fingerprint density at radius 2 is 1.50 bits per heavy atom. The molecule has 150 valence electrons. The summed E-state index contributed by atoms with van der Waals surface area (Å²) in [6, 6.07) is 21.4. The van der Waals surface area contributed by atoms with Gasteiger partial charge in [-0.2, -0.15) is 0 Å². The SMILES string of the molecule is CCOC(=O)C1CCN(CCN(Cc2ccccc2)Cc2ccccc2)CC1. The minimum absolute atomic E-state index is 0.0167. The highest BCUT2D eigenvalue weighted by molar-refractivity contribution is 5.72. The van der Waals surface area contributed by atoms with Gasteiger partial charge >= 0.3 is 5.97 Å². The monoisotopic (exact) mass is 380 g/mol. The number of piperidine rings is 1. The molecule has 0 N–H and O–H groups in total. The first-order chi connectivity index (χ1) is 13.7. The Morgan fingerprint density at radius 3 is 2.00 bits per heavy atom. The molecule has 2 aromatic carbocycles. The maximum atomic E-state index is 11.9. The Balaban J connectivity index is 1.52. The normalized spacial score (nSPS) is 15.6. The Bertz CT molecular complexity index is 656. The highest BCUT2D eigenvalue weighted by atomic mass is 16.5. The van der Waals surface area contributed by atoms with E-state index in [1.165, 1.54) is 11.1 Å². The molecule has 2 aromatic rings. The molecule has 4 nitrogen and oxygen atoms in total. The quantitative estimate of drug-likeness (QED) is 0.617. The fourth-order valence-corrected chi connectivity index (χ4v) is 3.83. The molecule has 1 saturated heterocycles. The lowest BCUT2D eigenvalue weighted by molar-refractivity contribution is -0.149. The average Bonchev–Trinajstić information content (AvgIpc) is 2.74. The molecule has 0 spiro atoms. The smallest absolute Gasteiger partial charge is 0.309 e. The molecule has 0 radical (unpaired) electrons. The number of benzene rings is 2. The van der Waals surface area contributed by atoms with Crippen LogP contribution in [0.5, 0.6) is 0 Å². The molecule has 0 saturated carbocycles. The van der Waals surface area contributed by atoms with Gasteiger partial charge in [0.1, 0.15) is 0 Å². The van der Waals surface area contributed by atoms with Crippen molar-refractivity contribution >= 4 is 5.97 Å². The van der Waals surface area contributed by atoms with Crippen molar-refractivity contribution < 1.29 is 9.53 Å². The van der Waals surface area contributed by atoms with Gasteiger partial charge in [-0.15, -0.1) is 0 Å². The Labute approximate surface area is 169 Å². The Kier molecular flexibility index (Phi) is 8.07. The van der Waals surface area contributed by atoms with Gasteiger partial charge in [-0.1, -0.05) is 60.7 Å². The first-order valence-corrected chi connectivity index (χ1v) is 10.4. The molecule has 1 aliphatic rings. The maximum Gasteiger partial charge on any atom is 0.309 e. The predicted octanol–water partition coefficient (Wildman–Crippen LogP) is 3.96. The third-order valence-corrected chi connectivity index (χ3v) is 5.44. The van der Waals surface area contributed by atoms with E-state index in [0.29, 0.717) is 6.61 Å². The van der Waals surface area contributed by atoms with Crippen LogP contribution in [0.4, 0.5) is 0 Å². The van der Waals surface area contributed by atoms with Crippen LogP contribution >= 0.6 is 0 Å². The van der Waals surface area contributed by atoms with Crippen molar-refractivity contribution in [1.82, 2.24) is 9.80 Å². The molecule has 1 aliphatic heterocycles. The van der Waals surface area contributed by atoms with E-state index in [2.05, 4.69) is 70.5 Å². The van der Waals surface area contributed by atoms with Crippen molar-refractivity contribution in [3.63, 3.8) is 0 Å². The topological polar surface area (TPSA) is 32.8 Å². The fourth-order valence-electron chi connectivity index (χ4n) is 3.83. The van der Waals surface area contributed by atoms with E-state index in [0.717, 1.165) is 52.1 Å². The summed E-state index contributed by atoms with van der Waals surface area (Å²) < 4.78 is 5.18. The summed E-state index contributed by atoms with van der Waals surface area (Å²) >= 11 is 0. The van der Waals surface area contributed by atoms with Crippen molar-refractivity contribution in [1.29, 1.82) is 0 Å². The maximum absolute atomic E-state index is 11.9. The van der Waals surface area contributed by atoms with E-state index in [9.17, 15) is 4.79 Å². The second kappa shape index (κ2) is 11.0. The summed E-state index contributed by atoms with van der Waals surface area (Å²) in [6.07, 6.45) is 1.83. The molecule has 3 rings (SSSR count). The summed E-state index contributed by atoms with van der Waals surface area (Å²) in [4.78, 5) is 16.9. The summed E-state index contributed by atoms with van der Waals surface area (Å²) in [5.41, 5.74) is 2.69. The first kappa shape index (κ1) is 20.6. The van der Waals surface area contributed by atoms with Crippen LogP contribution in [0.1, 0.15) is 30.9 Å². The van der Waals surface area contributed by atoms with Crippen molar-refractivity contribution in [2.24, 2.45) is 5.92 Å². The second-order valence-corrected chi connectivity index (χ2v) is 7.55. The van der Waals surface area contributed by atoms with E-state index in [-0.39, 0.29) is 11.9 Å². The number of carbonyl (C=O) groups is 1. The van der Waals surface area contributed by atoms with Gasteiger partial charge in [0.15, 0.2) is 0 Å². The van der Waals surface area contributed by atoms with Crippen LogP contribution in [-0.4, -0.2) is 48.6 Å². The number of ether oxygens (including phenoxy) is 1. The van der Waals surface area contributed by atoms with Crippen molar-refractivity contribution in [3.8, 4) is 0 Å². The van der Waals surface area contributed by atoms with Crippen LogP contribution < -0.4 is 0 Å². The third kappa shape index (κ3) is 6.47. The minimum Gasteiger partial charge on any atom is -0.466 e. The van der Waals surface area contributed by atoms with E-state index >= 15 is 0 Å². The molecule has 0 atom stereocenters. The molecule has 28 heavy (non-hydrogen) atoms. The lowest BCUT2D eigenvalue weighted by atomic mass is 9.97. The van der Waals surface area contributed by atoms with E-state index in [1.54, 1.807) is 0 Å². The number of rotatable bonds is 9. The molecule has 1 fully saturated rings. The van der Waals surface area contributed by atoms with E-state index < -0.39 is 0 Å². The van der Waals surface area contributed by atoms with Gasteiger partial charge in [-0.05, 0) is 44.0 Å². The second-order valence-electron chi connectivity index (χ2n) is 7.55. The van der Waals surface area contributed by atoms with Gasteiger partial charge in [0.25, 0.3) is 0 Å². The standard InChI is InChI=1S/C24H32N2O2/c1-2-28-24(27)23-13-15-25(16-14-23)17-18-26(19-21-9-5-3-6-10-21)20-22-11-7-4-8-12-22/h3-12,23H,2,13-20H2,1H3. The van der Waals surface area contributed by atoms with Gasteiger partial charge in [-0.25, -0.2) is 0 Å². The lowest BCUT2D eigenvalue weighted by Crippen LogP contribution is -2.41. The van der Waals surface area contributed by atoms with Gasteiger partial charge in [0, 0.05) is 26.2 Å². The van der Waals surface area contributed by atoms with Crippen LogP contribution in [0.3, 0.4) is 0 Å². The van der Waals surface area contributed by atoms with Crippen molar-refractivity contribution in [3.05, 3.63) is 71.8 Å². The van der Waals surface area contributed by atoms with E-state index in [4.69, 9.17) is 4.74 Å². The Morgan fingerprint density at radius 1 is 0.964 bits per heavy atom. The molecule has 4 heteroatoms. The predicted molar refractivity (Wildman–Crippen MR) is 113 cm³/mol. The minimum atomic E-state index is -0.0167. The molecule has 0 bridgehead atoms. The number of esters is 1. The van der Waals surface area contributed by atoms with E-state index in [1.807, 2.05) is 6.92 Å². The van der Waals surface area contributed by atoms with Crippen LogP contribution in [0, 0.1) is 5.92 Å². The number of likely N-dealkylation sites (tertiary alicyclic amines) is 1. The lowest BCUT2D eigenvalue weighted by Gasteiger charge is -2.33. The van der Waals surface area contributed by atoms with Crippen LogP contribution in [0.15, 0.2) is 60.7 Å². The van der Waals surface area contributed by atoms with Crippen LogP contribution in [0.2, 0.25) is 0 Å². The number of carbonyl (C=O) groups excluding carboxylic acids is 1. The molecule has 0 aromatic heterocycles. The van der Waals surface area contributed by atoms with Gasteiger partial charge < -0.3 is 9.64 Å². The summed E-state index contributed by atoms with van der Waals surface area (Å²) in [5, 5.41) is 0. The van der Waals surface area contributed by atoms with Crippen LogP contribution in [-0.2, 0) is 22.6 Å². The summed E-state index contributed by atoms with van der Waals surface area (Å²) in [6.45, 7) is 8.28. The van der Waals surface area contributed by atoms with Crippen molar-refractivity contribution in [2.75, 3.05) is 32.8 Å². The molecule has 0 unspecified atom stereocenters. The first-order valence-electron chi connectivity index (χ1n) is 10.4. The molecular formula is C24H32N2O2. The Hall–Kier alpha value is -2.17. The van der Waals surface area contributed by atoms with Gasteiger partial charge in [0.2, 0.25) is 0 Å². The largest absolute Gasteiger partial charge is 0.466 e. The molecule has 1 heterocycles. The van der Waals surface area contributed by atoms with Crippen LogP contribution in [0.25, 0.3) is 0 Å². The zero-order chi connectivity index (χ0) is 19.6. The number of nitrogens with zero attached hydrogens (tertiary/aromatic N) is 2. The zero-order valence-corrected chi connectivity index (χ0v) is 16.9. The average molecular weight is 381 g/mol. The summed E-state index contributed by atoms with van der Waals surface area (Å²) in [7, 11) is 0. The molecule has 0 amide bonds. The summed E-state index contributed by atoms with van der Waals surface area (Å²) in [5.74, 6) is 0.0675. The van der Waals surface area contributed by atoms with Gasteiger partial charge in [-0.3, -0.25) is 9.69 Å². The number of hydrogen-bond acceptors (Lipinski definition) is 4. The molecular weight excluding hydrogens is 348 g/mol. The highest BCUT2D eigenvalue weighted by Crippen LogP contribution is 2.19. The molecule has 0 aliphatic carbocycles. The third-order valence-electron chi connectivity index (χ3n) is 5.44. The van der Waals surface area contributed by atoms with Gasteiger partial charge in [0.05, 0.1) is 12.5 Å². The fraction of sp³-hybridized carbons (Fsp3) is 0.458. The zero-order valence-electron chi connectivity index (χ0n) is 16.9.